The molecule has 0 aromatic heterocycles. The number of primary sulfonamides is 2. The van der Waals surface area contributed by atoms with Gasteiger partial charge in [0.15, 0.2) is 0 Å². The Morgan fingerprint density at radius 1 is 0.679 bits per heavy atom. The molecule has 1 aliphatic rings. The molecule has 1 aliphatic carbocycles. The first kappa shape index (κ1) is 51.2. The minimum Gasteiger partial charge on any atom is -0.397 e. The van der Waals surface area contributed by atoms with Gasteiger partial charge in [0.25, 0.3) is 9.05 Å². The smallest absolute Gasteiger partial charge is 0.262 e. The summed E-state index contributed by atoms with van der Waals surface area (Å²) in [5.41, 5.74) is 6.73. The maximum atomic E-state index is 11.5. The Balaban J connectivity index is 0.000000278. The number of sulfonamides is 2. The van der Waals surface area contributed by atoms with Gasteiger partial charge in [-0.05, 0) is 103 Å². The Morgan fingerprint density at radius 2 is 1.09 bits per heavy atom. The van der Waals surface area contributed by atoms with Gasteiger partial charge in [-0.25, -0.2) is 35.5 Å². The zero-order valence-corrected chi connectivity index (χ0v) is 40.7. The Kier molecular flexibility index (Phi) is 19.3. The van der Waals surface area contributed by atoms with E-state index in [1.807, 2.05) is 6.07 Å². The summed E-state index contributed by atoms with van der Waals surface area (Å²) in [4.78, 5) is -0.239. The van der Waals surface area contributed by atoms with E-state index in [1.165, 1.54) is 36.4 Å². The molecule has 4 aromatic carbocycles. The van der Waals surface area contributed by atoms with E-state index in [9.17, 15) is 30.4 Å². The number of nitrogen functional groups attached to an aromatic ring is 1. The van der Waals surface area contributed by atoms with Crippen molar-refractivity contribution < 1.29 is 30.4 Å². The summed E-state index contributed by atoms with van der Waals surface area (Å²) in [6, 6.07) is 19.0. The van der Waals surface area contributed by atoms with Crippen LogP contribution in [0.25, 0.3) is 0 Å². The van der Waals surface area contributed by atoms with Crippen LogP contribution in [0.1, 0.15) is 40.0 Å². The van der Waals surface area contributed by atoms with E-state index in [1.54, 1.807) is 30.3 Å². The van der Waals surface area contributed by atoms with E-state index in [0.717, 1.165) is 23.7 Å². The lowest BCUT2D eigenvalue weighted by Crippen LogP contribution is -2.42. The first-order valence-corrected chi connectivity index (χ1v) is 25.0. The van der Waals surface area contributed by atoms with Crippen LogP contribution in [0.4, 0.5) is 11.4 Å². The number of halogens is 8. The second-order valence-electron chi connectivity index (χ2n) is 13.6. The summed E-state index contributed by atoms with van der Waals surface area (Å²) in [5.74, 6) is 0. The topological polar surface area (TPSA) is 213 Å². The lowest BCUT2D eigenvalue weighted by molar-refractivity contribution is -0.00318. The average Bonchev–Trinajstić information content (AvgIpc) is 3.03. The van der Waals surface area contributed by atoms with Crippen molar-refractivity contribution in [3.63, 3.8) is 0 Å². The van der Waals surface area contributed by atoms with Crippen LogP contribution in [-0.2, 0) is 29.1 Å². The highest BCUT2D eigenvalue weighted by atomic mass is 79.9. The first-order valence-electron chi connectivity index (χ1n) is 15.7. The van der Waals surface area contributed by atoms with E-state index in [2.05, 4.69) is 73.9 Å². The minimum atomic E-state index is -3.85. The van der Waals surface area contributed by atoms with Crippen LogP contribution in [0.15, 0.2) is 101 Å². The van der Waals surface area contributed by atoms with Crippen LogP contribution in [0, 0.1) is 10.8 Å². The Hall–Kier alpha value is -0.900. The van der Waals surface area contributed by atoms with Gasteiger partial charge in [-0.1, -0.05) is 115 Å². The molecule has 0 radical (unpaired) electrons. The highest BCUT2D eigenvalue weighted by Gasteiger charge is 2.40. The number of benzene rings is 4. The summed E-state index contributed by atoms with van der Waals surface area (Å²) in [5, 5.41) is 24.4. The zero-order chi connectivity index (χ0) is 43.0. The fourth-order valence-electron chi connectivity index (χ4n) is 5.73. The molecule has 0 heterocycles. The average molecular weight is 1130 g/mol. The van der Waals surface area contributed by atoms with Gasteiger partial charge >= 0.3 is 0 Å². The predicted molar refractivity (Wildman–Crippen MR) is 239 cm³/mol. The molecule has 0 spiro atoms. The summed E-state index contributed by atoms with van der Waals surface area (Å²) in [7, 11) is -6.21. The molecule has 2 unspecified atom stereocenters. The van der Waals surface area contributed by atoms with Gasteiger partial charge in [-0.2, -0.15) is 0 Å². The van der Waals surface area contributed by atoms with Crippen molar-refractivity contribution in [1.29, 1.82) is 0 Å². The molecule has 5 rings (SSSR count). The van der Waals surface area contributed by atoms with E-state index in [0.29, 0.717) is 31.9 Å². The number of rotatable bonds is 6. The molecule has 0 bridgehead atoms. The van der Waals surface area contributed by atoms with Gasteiger partial charge in [0.2, 0.25) is 20.0 Å². The van der Waals surface area contributed by atoms with Gasteiger partial charge in [-0.15, -0.1) is 0 Å². The monoisotopic (exact) mass is 1120 g/mol. The van der Waals surface area contributed by atoms with Crippen molar-refractivity contribution in [2.45, 2.75) is 60.8 Å². The van der Waals surface area contributed by atoms with Crippen LogP contribution in [0.5, 0.6) is 0 Å². The molecule has 22 heteroatoms. The fraction of sp³-hybridized carbons (Fsp3) is 0.294. The van der Waals surface area contributed by atoms with Crippen molar-refractivity contribution in [3.8, 4) is 0 Å². The molecule has 0 saturated heterocycles. The third kappa shape index (κ3) is 17.4. The van der Waals surface area contributed by atoms with Gasteiger partial charge in [0.1, 0.15) is 14.7 Å². The quantitative estimate of drug-likeness (QED) is 0.0917. The first-order chi connectivity index (χ1) is 25.4. The number of aliphatic hydroxyl groups is 1. The van der Waals surface area contributed by atoms with Crippen LogP contribution in [0.3, 0.4) is 0 Å². The van der Waals surface area contributed by atoms with Gasteiger partial charge in [0.05, 0.1) is 31.9 Å². The van der Waals surface area contributed by atoms with Crippen LogP contribution in [-0.4, -0.2) is 43.0 Å². The molecular formula is C34H38Br3Cl5N4O7S3. The summed E-state index contributed by atoms with van der Waals surface area (Å²) in [6.45, 7) is 7.10. The lowest BCUT2D eigenvalue weighted by atomic mass is 9.63. The standard InChI is InChI=1S/C16H25ClN2O3S.C6H3BrCl2O2S.C6H5BrClNO2S.C6H5BrClN/c1-15(2)7-12(20)8-16(3,9-15)10-19-11-4-5-13(17)14(6-11)23(18,21)22;2*7-4-1-2-5(8)6(3-4)12(9,10)11;7-4-1-2-5(8)6(9)3-4/h4-6,12,19-20H,7-10H2,1-3H3,(H2,18,21,22);1-3H;1-3H,(H2,9,10,11);1-3H,9H2. The van der Waals surface area contributed by atoms with Crippen LogP contribution in [0.2, 0.25) is 20.1 Å². The maximum Gasteiger partial charge on any atom is 0.262 e. The third-order valence-corrected chi connectivity index (χ3v) is 14.1. The SMILES string of the molecule is CC1(C)CC(O)CC(C)(CNc2ccc(Cl)c(S(N)(=O)=O)c2)C1.NS(=O)(=O)c1cc(Br)ccc1Cl.Nc1cc(Br)ccc1Cl.O=S(=O)(Cl)c1cc(Br)ccc1Cl. The second-order valence-corrected chi connectivity index (χ2v) is 23.5. The van der Waals surface area contributed by atoms with Crippen molar-refractivity contribution in [2.24, 2.45) is 21.1 Å². The van der Waals surface area contributed by atoms with Crippen molar-refractivity contribution in [3.05, 3.63) is 106 Å². The molecule has 310 valence electrons. The molecule has 8 N–H and O–H groups in total. The molecule has 4 aromatic rings. The van der Waals surface area contributed by atoms with E-state index >= 15 is 0 Å². The minimum absolute atomic E-state index is 0.0669. The maximum absolute atomic E-state index is 11.5. The molecule has 0 aliphatic heterocycles. The van der Waals surface area contributed by atoms with E-state index < -0.39 is 29.1 Å². The van der Waals surface area contributed by atoms with Gasteiger partial charge in [0, 0.05) is 36.3 Å². The number of nitrogens with one attached hydrogen (secondary N) is 1. The second kappa shape index (κ2) is 21.1. The number of anilines is 2. The van der Waals surface area contributed by atoms with Crippen molar-refractivity contribution in [2.75, 3.05) is 17.6 Å². The summed E-state index contributed by atoms with van der Waals surface area (Å²) in [6.07, 6.45) is 2.20. The highest BCUT2D eigenvalue weighted by Crippen LogP contribution is 2.46. The lowest BCUT2D eigenvalue weighted by Gasteiger charge is -2.45. The molecular weight excluding hydrogens is 1090 g/mol. The fourth-order valence-corrected chi connectivity index (χ4v) is 10.9. The molecule has 11 nitrogen and oxygen atoms in total. The van der Waals surface area contributed by atoms with Crippen molar-refractivity contribution in [1.82, 2.24) is 0 Å². The van der Waals surface area contributed by atoms with E-state index in [4.69, 9.17) is 73.1 Å². The van der Waals surface area contributed by atoms with E-state index in [-0.39, 0.29) is 46.7 Å². The molecule has 1 saturated carbocycles. The zero-order valence-electron chi connectivity index (χ0n) is 29.7. The molecule has 56 heavy (non-hydrogen) atoms. The number of nitrogens with two attached hydrogens (primary N) is 3. The molecule has 0 amide bonds. The molecule has 2 atom stereocenters. The Bertz CT molecular complexity index is 2280. The van der Waals surface area contributed by atoms with Crippen molar-refractivity contribution >= 4 is 145 Å². The van der Waals surface area contributed by atoms with Gasteiger partial charge in [-0.3, -0.25) is 0 Å². The summed E-state index contributed by atoms with van der Waals surface area (Å²) >= 11 is 32.2. The number of aliphatic hydroxyl groups excluding tert-OH is 1. The Labute approximate surface area is 377 Å². The normalized spacial score (nSPS) is 17.9. The largest absolute Gasteiger partial charge is 0.397 e. The van der Waals surface area contributed by atoms with Gasteiger partial charge < -0.3 is 16.2 Å². The third-order valence-electron chi connectivity index (χ3n) is 7.69. The van der Waals surface area contributed by atoms with Crippen LogP contribution >= 0.6 is 105 Å². The predicted octanol–water partition coefficient (Wildman–Crippen LogP) is 10.4. The number of hydrogen-bond acceptors (Lipinski definition) is 9. The number of hydrogen-bond donors (Lipinski definition) is 5. The Morgan fingerprint density at radius 3 is 1.48 bits per heavy atom. The summed E-state index contributed by atoms with van der Waals surface area (Å²) < 4.78 is 68.7. The van der Waals surface area contributed by atoms with Crippen LogP contribution < -0.4 is 21.3 Å². The molecule has 1 fully saturated rings. The highest BCUT2D eigenvalue weighted by molar-refractivity contribution is 9.11.